The fourth-order valence-corrected chi connectivity index (χ4v) is 2.34. The molecule has 92 valence electrons. The van der Waals surface area contributed by atoms with Gasteiger partial charge in [-0.25, -0.2) is 0 Å². The average molecular weight is 229 g/mol. The quantitative estimate of drug-likeness (QED) is 0.264. The molecule has 0 spiro atoms. The van der Waals surface area contributed by atoms with Crippen LogP contribution in [0.15, 0.2) is 5.16 Å². The van der Waals surface area contributed by atoms with Crippen LogP contribution in [0.3, 0.4) is 0 Å². The summed E-state index contributed by atoms with van der Waals surface area (Å²) < 4.78 is 0. The lowest BCUT2D eigenvalue weighted by atomic mass is 9.61. The summed E-state index contributed by atoms with van der Waals surface area (Å²) in [6.07, 6.45) is 1.19. The number of amidine groups is 1. The molecule has 6 heteroatoms. The highest BCUT2D eigenvalue weighted by Crippen LogP contribution is 2.46. The minimum atomic E-state index is -0.863. The van der Waals surface area contributed by atoms with E-state index in [1.165, 1.54) is 4.90 Å². The third-order valence-electron chi connectivity index (χ3n) is 3.18. The average Bonchev–Trinajstić information content (AvgIpc) is 2.22. The summed E-state index contributed by atoms with van der Waals surface area (Å²) in [6.45, 7) is 2.18. The molecule has 0 unspecified atom stereocenters. The van der Waals surface area contributed by atoms with E-state index < -0.39 is 5.41 Å². The second-order valence-corrected chi connectivity index (χ2v) is 4.53. The van der Waals surface area contributed by atoms with Crippen molar-refractivity contribution >= 4 is 11.7 Å². The van der Waals surface area contributed by atoms with Crippen molar-refractivity contribution in [3.05, 3.63) is 0 Å². The van der Waals surface area contributed by atoms with E-state index in [9.17, 15) is 4.79 Å². The molecular formula is C10H19N3O3. The van der Waals surface area contributed by atoms with Crippen LogP contribution in [0.4, 0.5) is 0 Å². The molecule has 0 aromatic heterocycles. The van der Waals surface area contributed by atoms with Crippen molar-refractivity contribution in [3.63, 3.8) is 0 Å². The van der Waals surface area contributed by atoms with Gasteiger partial charge in [0, 0.05) is 13.6 Å². The van der Waals surface area contributed by atoms with Gasteiger partial charge in [-0.3, -0.25) is 4.79 Å². The van der Waals surface area contributed by atoms with E-state index in [4.69, 9.17) is 16.0 Å². The number of hydrogen-bond acceptors (Lipinski definition) is 4. The van der Waals surface area contributed by atoms with Crippen molar-refractivity contribution in [2.75, 3.05) is 20.2 Å². The van der Waals surface area contributed by atoms with Gasteiger partial charge in [0.25, 0.3) is 0 Å². The molecule has 1 aliphatic carbocycles. The van der Waals surface area contributed by atoms with Gasteiger partial charge in [0.1, 0.15) is 5.41 Å². The van der Waals surface area contributed by atoms with Crippen LogP contribution < -0.4 is 5.73 Å². The zero-order chi connectivity index (χ0) is 12.3. The molecule has 0 aliphatic heterocycles. The largest absolute Gasteiger partial charge is 0.409 e. The molecule has 0 aromatic carbocycles. The van der Waals surface area contributed by atoms with Gasteiger partial charge >= 0.3 is 0 Å². The summed E-state index contributed by atoms with van der Waals surface area (Å²) >= 11 is 0. The summed E-state index contributed by atoms with van der Waals surface area (Å²) in [5.74, 6) is 0.183. The first-order valence-electron chi connectivity index (χ1n) is 5.32. The van der Waals surface area contributed by atoms with Crippen molar-refractivity contribution in [3.8, 4) is 0 Å². The van der Waals surface area contributed by atoms with E-state index in [-0.39, 0.29) is 24.9 Å². The van der Waals surface area contributed by atoms with E-state index in [1.54, 1.807) is 7.05 Å². The molecule has 0 aromatic rings. The van der Waals surface area contributed by atoms with Gasteiger partial charge < -0.3 is 20.9 Å². The van der Waals surface area contributed by atoms with Crippen LogP contribution >= 0.6 is 0 Å². The Morgan fingerprint density at radius 1 is 1.62 bits per heavy atom. The third kappa shape index (κ3) is 1.97. The standard InChI is InChI=1S/C10H19N3O3/c1-7-5-10(6-7,8(11)12-16)9(15)13(2)3-4-14/h7,14,16H,3-6H2,1-2H3,(H2,11,12). The number of hydrogen-bond donors (Lipinski definition) is 3. The minimum absolute atomic E-state index is 0.0274. The maximum Gasteiger partial charge on any atom is 0.236 e. The van der Waals surface area contributed by atoms with Gasteiger partial charge in [-0.05, 0) is 18.8 Å². The molecule has 1 aliphatic rings. The van der Waals surface area contributed by atoms with E-state index >= 15 is 0 Å². The number of oxime groups is 1. The Morgan fingerprint density at radius 2 is 2.19 bits per heavy atom. The number of rotatable bonds is 4. The van der Waals surface area contributed by atoms with Gasteiger partial charge in [0.2, 0.25) is 5.91 Å². The molecule has 1 amide bonds. The number of carbonyl (C=O) groups is 1. The van der Waals surface area contributed by atoms with E-state index in [1.807, 2.05) is 6.92 Å². The highest BCUT2D eigenvalue weighted by Gasteiger charge is 2.53. The Bertz CT molecular complexity index is 298. The Morgan fingerprint density at radius 3 is 2.56 bits per heavy atom. The predicted molar refractivity (Wildman–Crippen MR) is 59.0 cm³/mol. The summed E-state index contributed by atoms with van der Waals surface area (Å²) in [6, 6.07) is 0. The molecule has 1 fully saturated rings. The maximum absolute atomic E-state index is 12.1. The summed E-state index contributed by atoms with van der Waals surface area (Å²) in [5.41, 5.74) is 4.74. The second-order valence-electron chi connectivity index (χ2n) is 4.53. The molecular weight excluding hydrogens is 210 g/mol. The van der Waals surface area contributed by atoms with E-state index in [0.29, 0.717) is 18.8 Å². The molecule has 0 saturated heterocycles. The smallest absolute Gasteiger partial charge is 0.236 e. The number of likely N-dealkylation sites (N-methyl/N-ethyl adjacent to an activating group) is 1. The van der Waals surface area contributed by atoms with Crippen LogP contribution in [0.2, 0.25) is 0 Å². The molecule has 16 heavy (non-hydrogen) atoms. The highest BCUT2D eigenvalue weighted by atomic mass is 16.4. The van der Waals surface area contributed by atoms with Crippen LogP contribution in [0, 0.1) is 11.3 Å². The number of nitrogens with zero attached hydrogens (tertiary/aromatic N) is 2. The minimum Gasteiger partial charge on any atom is -0.409 e. The zero-order valence-corrected chi connectivity index (χ0v) is 9.68. The van der Waals surface area contributed by atoms with Crippen molar-refractivity contribution in [2.24, 2.45) is 22.2 Å². The summed E-state index contributed by atoms with van der Waals surface area (Å²) in [4.78, 5) is 13.5. The maximum atomic E-state index is 12.1. The Labute approximate surface area is 94.7 Å². The van der Waals surface area contributed by atoms with Crippen LogP contribution in [0.5, 0.6) is 0 Å². The van der Waals surface area contributed by atoms with Crippen LogP contribution in [0.25, 0.3) is 0 Å². The van der Waals surface area contributed by atoms with Crippen molar-refractivity contribution < 1.29 is 15.1 Å². The van der Waals surface area contributed by atoms with Gasteiger partial charge in [-0.15, -0.1) is 0 Å². The number of nitrogens with two attached hydrogens (primary N) is 1. The summed E-state index contributed by atoms with van der Waals surface area (Å²) in [7, 11) is 1.61. The van der Waals surface area contributed by atoms with Gasteiger partial charge in [0.15, 0.2) is 5.84 Å². The van der Waals surface area contributed by atoms with Gasteiger partial charge in [0.05, 0.1) is 6.61 Å². The predicted octanol–water partition coefficient (Wildman–Crippen LogP) is -0.400. The van der Waals surface area contributed by atoms with E-state index in [2.05, 4.69) is 5.16 Å². The van der Waals surface area contributed by atoms with E-state index in [0.717, 1.165) is 0 Å². The summed E-state index contributed by atoms with van der Waals surface area (Å²) in [5, 5.41) is 20.5. The van der Waals surface area contributed by atoms with Crippen LogP contribution in [-0.4, -0.2) is 47.2 Å². The first-order chi connectivity index (χ1) is 7.47. The highest BCUT2D eigenvalue weighted by molar-refractivity contribution is 6.07. The lowest BCUT2D eigenvalue weighted by Gasteiger charge is -2.45. The fraction of sp³-hybridized carbons (Fsp3) is 0.800. The second kappa shape index (κ2) is 4.69. The normalized spacial score (nSPS) is 29.7. The zero-order valence-electron chi connectivity index (χ0n) is 9.68. The first kappa shape index (κ1) is 12.8. The lowest BCUT2D eigenvalue weighted by molar-refractivity contribution is -0.143. The molecule has 0 radical (unpaired) electrons. The Hall–Kier alpha value is -1.30. The molecule has 6 nitrogen and oxygen atoms in total. The molecule has 0 bridgehead atoms. The fourth-order valence-electron chi connectivity index (χ4n) is 2.34. The van der Waals surface area contributed by atoms with Crippen LogP contribution in [-0.2, 0) is 4.79 Å². The Balaban J connectivity index is 2.83. The monoisotopic (exact) mass is 229 g/mol. The molecule has 0 heterocycles. The van der Waals surface area contributed by atoms with Gasteiger partial charge in [-0.2, -0.15) is 0 Å². The number of amides is 1. The molecule has 1 saturated carbocycles. The first-order valence-corrected chi connectivity index (χ1v) is 5.32. The van der Waals surface area contributed by atoms with Crippen LogP contribution in [0.1, 0.15) is 19.8 Å². The number of aliphatic hydroxyl groups excluding tert-OH is 1. The van der Waals surface area contributed by atoms with Gasteiger partial charge in [-0.1, -0.05) is 12.1 Å². The topological polar surface area (TPSA) is 99.2 Å². The Kier molecular flexibility index (Phi) is 3.74. The van der Waals surface area contributed by atoms with Crippen molar-refractivity contribution in [1.29, 1.82) is 0 Å². The number of aliphatic hydroxyl groups is 1. The lowest BCUT2D eigenvalue weighted by Crippen LogP contribution is -2.57. The van der Waals surface area contributed by atoms with Crippen molar-refractivity contribution in [1.82, 2.24) is 4.90 Å². The molecule has 4 N–H and O–H groups in total. The molecule has 0 atom stereocenters. The van der Waals surface area contributed by atoms with Crippen molar-refractivity contribution in [2.45, 2.75) is 19.8 Å². The third-order valence-corrected chi connectivity index (χ3v) is 3.18. The molecule has 1 rings (SSSR count). The number of carbonyl (C=O) groups excluding carboxylic acids is 1. The SMILES string of the molecule is CC1CC(C(=O)N(C)CCO)(C(N)=NO)C1.